The molecule has 3 heteroatoms. The smallest absolute Gasteiger partial charge is 0.127 e. The van der Waals surface area contributed by atoms with Gasteiger partial charge in [-0.15, -0.1) is 5.10 Å². The molecule has 116 valence electrons. The van der Waals surface area contributed by atoms with Gasteiger partial charge in [0.2, 0.25) is 0 Å². The number of methoxy groups -OCH3 is 1. The van der Waals surface area contributed by atoms with Crippen molar-refractivity contribution in [2.75, 3.05) is 7.11 Å². The van der Waals surface area contributed by atoms with E-state index < -0.39 is 0 Å². The maximum absolute atomic E-state index is 5.34. The molecular weight excluding hydrogens is 296 g/mol. The maximum atomic E-state index is 5.34. The van der Waals surface area contributed by atoms with Gasteiger partial charge in [-0.1, -0.05) is 60.7 Å². The number of para-hydroxylation sites is 1. The van der Waals surface area contributed by atoms with Crippen LogP contribution in [-0.4, -0.2) is 19.0 Å². The Morgan fingerprint density at radius 1 is 0.708 bits per heavy atom. The van der Waals surface area contributed by atoms with Gasteiger partial charge >= 0.3 is 0 Å². The van der Waals surface area contributed by atoms with Crippen molar-refractivity contribution in [2.45, 2.75) is 0 Å². The predicted octanol–water partition coefficient (Wildman–Crippen LogP) is 4.55. The van der Waals surface area contributed by atoms with E-state index in [2.05, 4.69) is 46.6 Å². The number of benzene rings is 3. The second-order valence-electron chi connectivity index (χ2n) is 5.53. The highest BCUT2D eigenvalue weighted by molar-refractivity contribution is 6.24. The topological polar surface area (TPSA) is 34.0 Å². The molecule has 4 rings (SSSR count). The Morgan fingerprint density at radius 3 is 1.88 bits per heavy atom. The van der Waals surface area contributed by atoms with E-state index in [1.807, 2.05) is 36.4 Å². The lowest BCUT2D eigenvalue weighted by molar-refractivity contribution is 0.414. The van der Waals surface area contributed by atoms with Crippen LogP contribution in [0.25, 0.3) is 11.1 Å². The second kappa shape index (κ2) is 6.13. The standard InChI is InChI=1S/C21H16N2O/c1-24-20-13-7-2-8-15(20)14-22-23-21-18-11-5-3-9-16(18)17-10-4-6-12-19(17)21/h2-14H,1H3. The van der Waals surface area contributed by atoms with Gasteiger partial charge in [0.15, 0.2) is 0 Å². The molecule has 3 nitrogen and oxygen atoms in total. The van der Waals surface area contributed by atoms with Gasteiger partial charge in [0, 0.05) is 16.7 Å². The quantitative estimate of drug-likeness (QED) is 0.404. The van der Waals surface area contributed by atoms with Crippen molar-refractivity contribution in [2.24, 2.45) is 10.2 Å². The predicted molar refractivity (Wildman–Crippen MR) is 98.1 cm³/mol. The normalized spacial score (nSPS) is 12.1. The first kappa shape index (κ1) is 14.4. The summed E-state index contributed by atoms with van der Waals surface area (Å²) in [6, 6.07) is 24.4. The highest BCUT2D eigenvalue weighted by Crippen LogP contribution is 2.36. The summed E-state index contributed by atoms with van der Waals surface area (Å²) >= 11 is 0. The molecule has 3 aromatic rings. The minimum absolute atomic E-state index is 0.786. The molecule has 0 bridgehead atoms. The van der Waals surface area contributed by atoms with Crippen molar-refractivity contribution in [3.8, 4) is 16.9 Å². The third-order valence-corrected chi connectivity index (χ3v) is 4.15. The Bertz CT molecular complexity index is 910. The van der Waals surface area contributed by atoms with Crippen LogP contribution < -0.4 is 4.74 Å². The molecule has 0 saturated carbocycles. The van der Waals surface area contributed by atoms with Crippen molar-refractivity contribution in [3.63, 3.8) is 0 Å². The van der Waals surface area contributed by atoms with Crippen molar-refractivity contribution >= 4 is 11.9 Å². The molecule has 0 amide bonds. The van der Waals surface area contributed by atoms with E-state index >= 15 is 0 Å². The molecule has 1 aliphatic carbocycles. The average molecular weight is 312 g/mol. The van der Waals surface area contributed by atoms with Crippen LogP contribution in [0.1, 0.15) is 16.7 Å². The molecule has 0 spiro atoms. The number of ether oxygens (including phenoxy) is 1. The summed E-state index contributed by atoms with van der Waals surface area (Å²) in [6.07, 6.45) is 1.73. The lowest BCUT2D eigenvalue weighted by Crippen LogP contribution is -1.97. The van der Waals surface area contributed by atoms with E-state index in [1.165, 1.54) is 11.1 Å². The van der Waals surface area contributed by atoms with E-state index in [1.54, 1.807) is 13.3 Å². The van der Waals surface area contributed by atoms with Gasteiger partial charge in [0.1, 0.15) is 11.5 Å². The monoisotopic (exact) mass is 312 g/mol. The van der Waals surface area contributed by atoms with Crippen LogP contribution in [0.2, 0.25) is 0 Å². The summed E-state index contributed by atoms with van der Waals surface area (Å²) < 4.78 is 5.34. The van der Waals surface area contributed by atoms with Crippen LogP contribution in [0, 0.1) is 0 Å². The van der Waals surface area contributed by atoms with E-state index in [0.717, 1.165) is 28.2 Å². The molecule has 1 aliphatic rings. The zero-order chi connectivity index (χ0) is 16.4. The molecule has 24 heavy (non-hydrogen) atoms. The van der Waals surface area contributed by atoms with Gasteiger partial charge in [0.05, 0.1) is 13.3 Å². The van der Waals surface area contributed by atoms with Gasteiger partial charge in [-0.2, -0.15) is 5.10 Å². The molecule has 0 unspecified atom stereocenters. The molecule has 0 N–H and O–H groups in total. The first-order valence-corrected chi connectivity index (χ1v) is 7.81. The summed E-state index contributed by atoms with van der Waals surface area (Å²) in [5, 5.41) is 8.82. The average Bonchev–Trinajstić information content (AvgIpc) is 2.97. The molecule has 0 saturated heterocycles. The van der Waals surface area contributed by atoms with Crippen molar-refractivity contribution in [3.05, 3.63) is 89.5 Å². The summed E-state index contributed by atoms with van der Waals surface area (Å²) in [4.78, 5) is 0. The molecule has 0 aliphatic heterocycles. The third-order valence-electron chi connectivity index (χ3n) is 4.15. The maximum Gasteiger partial charge on any atom is 0.127 e. The zero-order valence-corrected chi connectivity index (χ0v) is 13.3. The Kier molecular flexibility index (Phi) is 3.67. The minimum Gasteiger partial charge on any atom is -0.496 e. The van der Waals surface area contributed by atoms with Crippen LogP contribution in [0.15, 0.2) is 83.0 Å². The Balaban J connectivity index is 1.76. The number of hydrogen-bond acceptors (Lipinski definition) is 3. The number of hydrogen-bond donors (Lipinski definition) is 0. The minimum atomic E-state index is 0.786. The molecular formula is C21H16N2O. The largest absolute Gasteiger partial charge is 0.496 e. The van der Waals surface area contributed by atoms with Crippen molar-refractivity contribution in [1.29, 1.82) is 0 Å². The fourth-order valence-electron chi connectivity index (χ4n) is 3.02. The molecule has 0 radical (unpaired) electrons. The molecule has 0 fully saturated rings. The third kappa shape index (κ3) is 2.40. The van der Waals surface area contributed by atoms with Gasteiger partial charge in [-0.3, -0.25) is 0 Å². The Labute approximate surface area is 141 Å². The van der Waals surface area contributed by atoms with E-state index in [4.69, 9.17) is 4.74 Å². The highest BCUT2D eigenvalue weighted by atomic mass is 16.5. The lowest BCUT2D eigenvalue weighted by atomic mass is 10.1. The number of rotatable bonds is 3. The first-order chi connectivity index (χ1) is 11.9. The van der Waals surface area contributed by atoms with Gasteiger partial charge in [-0.05, 0) is 23.3 Å². The van der Waals surface area contributed by atoms with Gasteiger partial charge < -0.3 is 4.74 Å². The van der Waals surface area contributed by atoms with Crippen LogP contribution in [0.5, 0.6) is 5.75 Å². The fraction of sp³-hybridized carbons (Fsp3) is 0.0476. The Hall–Kier alpha value is -3.20. The lowest BCUT2D eigenvalue weighted by Gasteiger charge is -2.02. The van der Waals surface area contributed by atoms with Crippen molar-refractivity contribution in [1.82, 2.24) is 0 Å². The highest BCUT2D eigenvalue weighted by Gasteiger charge is 2.23. The van der Waals surface area contributed by atoms with Crippen LogP contribution >= 0.6 is 0 Å². The van der Waals surface area contributed by atoms with Gasteiger partial charge in [0.25, 0.3) is 0 Å². The fourth-order valence-corrected chi connectivity index (χ4v) is 3.02. The van der Waals surface area contributed by atoms with Crippen LogP contribution in [0.3, 0.4) is 0 Å². The van der Waals surface area contributed by atoms with Crippen LogP contribution in [-0.2, 0) is 0 Å². The van der Waals surface area contributed by atoms with E-state index in [9.17, 15) is 0 Å². The number of nitrogens with zero attached hydrogens (tertiary/aromatic N) is 2. The summed E-state index contributed by atoms with van der Waals surface area (Å²) in [5.74, 6) is 0.786. The molecule has 0 aromatic heterocycles. The molecule has 0 heterocycles. The first-order valence-electron chi connectivity index (χ1n) is 7.81. The van der Waals surface area contributed by atoms with E-state index in [0.29, 0.717) is 0 Å². The van der Waals surface area contributed by atoms with Crippen LogP contribution in [0.4, 0.5) is 0 Å². The van der Waals surface area contributed by atoms with Crippen molar-refractivity contribution < 1.29 is 4.74 Å². The SMILES string of the molecule is COc1ccccc1C=NN=C1c2ccccc2-c2ccccc21. The van der Waals surface area contributed by atoms with Gasteiger partial charge in [-0.25, -0.2) is 0 Å². The molecule has 0 atom stereocenters. The number of fused-ring (bicyclic) bond motifs is 3. The zero-order valence-electron chi connectivity index (χ0n) is 13.3. The second-order valence-corrected chi connectivity index (χ2v) is 5.53. The summed E-state index contributed by atoms with van der Waals surface area (Å²) in [5.41, 5.74) is 6.47. The van der Waals surface area contributed by atoms with E-state index in [-0.39, 0.29) is 0 Å². The molecule has 3 aromatic carbocycles. The summed E-state index contributed by atoms with van der Waals surface area (Å²) in [6.45, 7) is 0. The summed E-state index contributed by atoms with van der Waals surface area (Å²) in [7, 11) is 1.65. The Morgan fingerprint density at radius 2 is 1.25 bits per heavy atom.